The molecule has 29 heavy (non-hydrogen) atoms. The molecule has 8 nitrogen and oxygen atoms in total. The predicted octanol–water partition coefficient (Wildman–Crippen LogP) is 2.29. The Balaban J connectivity index is 1.49. The highest BCUT2D eigenvalue weighted by molar-refractivity contribution is 7.99. The van der Waals surface area contributed by atoms with Crippen molar-refractivity contribution in [2.45, 2.75) is 24.2 Å². The number of nitrogens with zero attached hydrogens (tertiary/aromatic N) is 4. The average Bonchev–Trinajstić information content (AvgIpc) is 3.40. The Hall–Kier alpha value is -3.07. The monoisotopic (exact) mass is 412 g/mol. The van der Waals surface area contributed by atoms with Crippen molar-refractivity contribution < 1.29 is 18.7 Å². The summed E-state index contributed by atoms with van der Waals surface area (Å²) in [4.78, 5) is 26.9. The molecule has 0 fully saturated rings. The van der Waals surface area contributed by atoms with Crippen LogP contribution >= 0.6 is 11.8 Å². The van der Waals surface area contributed by atoms with Crippen molar-refractivity contribution in [3.05, 3.63) is 53.8 Å². The van der Waals surface area contributed by atoms with Crippen molar-refractivity contribution in [3.8, 4) is 11.6 Å². The summed E-state index contributed by atoms with van der Waals surface area (Å²) in [7, 11) is 3.16. The summed E-state index contributed by atoms with van der Waals surface area (Å²) in [5.41, 5.74) is 2.11. The van der Waals surface area contributed by atoms with Crippen molar-refractivity contribution in [3.63, 3.8) is 0 Å². The number of aromatic nitrogens is 3. The van der Waals surface area contributed by atoms with Gasteiger partial charge in [0.1, 0.15) is 6.04 Å². The maximum absolute atomic E-state index is 13.0. The summed E-state index contributed by atoms with van der Waals surface area (Å²) in [6.45, 7) is 0.381. The van der Waals surface area contributed by atoms with Crippen molar-refractivity contribution >= 4 is 23.6 Å². The molecule has 0 N–H and O–H groups in total. The van der Waals surface area contributed by atoms with E-state index >= 15 is 0 Å². The lowest BCUT2D eigenvalue weighted by Crippen LogP contribution is -2.49. The molecule has 1 aliphatic rings. The van der Waals surface area contributed by atoms with Crippen LogP contribution in [0.4, 0.5) is 0 Å². The van der Waals surface area contributed by atoms with Gasteiger partial charge in [0.05, 0.1) is 19.1 Å². The number of methoxy groups -OCH3 is 1. The van der Waals surface area contributed by atoms with Crippen molar-refractivity contribution in [2.24, 2.45) is 7.05 Å². The Labute approximate surface area is 171 Å². The summed E-state index contributed by atoms with van der Waals surface area (Å²) in [5, 5.41) is 8.88. The molecule has 0 radical (unpaired) electrons. The van der Waals surface area contributed by atoms with Gasteiger partial charge in [-0.15, -0.1) is 10.2 Å². The van der Waals surface area contributed by atoms with Crippen LogP contribution in [-0.4, -0.2) is 50.4 Å². The second-order valence-electron chi connectivity index (χ2n) is 6.66. The predicted molar refractivity (Wildman–Crippen MR) is 106 cm³/mol. The summed E-state index contributed by atoms with van der Waals surface area (Å²) < 4.78 is 12.1. The van der Waals surface area contributed by atoms with E-state index in [2.05, 4.69) is 10.2 Å². The topological polar surface area (TPSA) is 90.5 Å². The zero-order valence-electron chi connectivity index (χ0n) is 16.1. The minimum absolute atomic E-state index is 0.139. The third-order valence-electron chi connectivity index (χ3n) is 4.94. The van der Waals surface area contributed by atoms with Crippen LogP contribution in [0.3, 0.4) is 0 Å². The second kappa shape index (κ2) is 8.12. The number of ether oxygens (including phenoxy) is 1. The van der Waals surface area contributed by atoms with E-state index in [0.29, 0.717) is 29.7 Å². The Bertz CT molecular complexity index is 1030. The maximum Gasteiger partial charge on any atom is 0.328 e. The van der Waals surface area contributed by atoms with Crippen LogP contribution in [0.15, 0.2) is 52.2 Å². The molecule has 0 saturated carbocycles. The van der Waals surface area contributed by atoms with Crippen LogP contribution in [0.2, 0.25) is 0 Å². The number of carbonyl (C=O) groups excluding carboxylic acids is 2. The van der Waals surface area contributed by atoms with E-state index in [1.54, 1.807) is 27.9 Å². The third kappa shape index (κ3) is 3.77. The van der Waals surface area contributed by atoms with Crippen LogP contribution in [0.25, 0.3) is 11.6 Å². The van der Waals surface area contributed by atoms with Crippen LogP contribution in [0.5, 0.6) is 0 Å². The normalized spacial score (nSPS) is 15.8. The van der Waals surface area contributed by atoms with E-state index in [0.717, 1.165) is 11.1 Å². The van der Waals surface area contributed by atoms with Gasteiger partial charge in [-0.2, -0.15) is 0 Å². The quantitative estimate of drug-likeness (QED) is 0.469. The number of esters is 1. The molecule has 1 aromatic carbocycles. The molecule has 9 heteroatoms. The van der Waals surface area contributed by atoms with Gasteiger partial charge in [-0.05, 0) is 23.3 Å². The van der Waals surface area contributed by atoms with Crippen molar-refractivity contribution in [1.82, 2.24) is 19.7 Å². The van der Waals surface area contributed by atoms with Crippen molar-refractivity contribution in [1.29, 1.82) is 0 Å². The Morgan fingerprint density at radius 1 is 1.21 bits per heavy atom. The molecule has 1 aliphatic heterocycles. The SMILES string of the molecule is COC(=O)[C@H]1Cc2ccccc2CN1C(=O)CSc1nnc(-c2ccco2)n1C. The van der Waals surface area contributed by atoms with Gasteiger partial charge in [0.2, 0.25) is 5.91 Å². The van der Waals surface area contributed by atoms with Gasteiger partial charge in [-0.1, -0.05) is 36.0 Å². The first-order valence-corrected chi connectivity index (χ1v) is 10.1. The first kappa shape index (κ1) is 19.3. The zero-order chi connectivity index (χ0) is 20.4. The van der Waals surface area contributed by atoms with Crippen molar-refractivity contribution in [2.75, 3.05) is 12.9 Å². The molecule has 2 aromatic heterocycles. The maximum atomic E-state index is 13.0. The first-order valence-electron chi connectivity index (χ1n) is 9.08. The van der Waals surface area contributed by atoms with Gasteiger partial charge in [0, 0.05) is 20.0 Å². The van der Waals surface area contributed by atoms with Gasteiger partial charge in [0.25, 0.3) is 0 Å². The third-order valence-corrected chi connectivity index (χ3v) is 5.95. The van der Waals surface area contributed by atoms with Gasteiger partial charge in [0.15, 0.2) is 16.7 Å². The Kier molecular flexibility index (Phi) is 5.39. The summed E-state index contributed by atoms with van der Waals surface area (Å²) in [6.07, 6.45) is 2.02. The second-order valence-corrected chi connectivity index (χ2v) is 7.61. The number of thioether (sulfide) groups is 1. The zero-order valence-corrected chi connectivity index (χ0v) is 16.9. The molecular formula is C20H20N4O4S. The number of amides is 1. The lowest BCUT2D eigenvalue weighted by molar-refractivity contribution is -0.153. The van der Waals surface area contributed by atoms with Crippen LogP contribution < -0.4 is 0 Å². The number of benzene rings is 1. The molecule has 1 amide bonds. The molecule has 0 unspecified atom stereocenters. The minimum Gasteiger partial charge on any atom is -0.467 e. The minimum atomic E-state index is -0.624. The van der Waals surface area contributed by atoms with Gasteiger partial charge in [-0.3, -0.25) is 4.79 Å². The highest BCUT2D eigenvalue weighted by atomic mass is 32.2. The lowest BCUT2D eigenvalue weighted by Gasteiger charge is -2.35. The average molecular weight is 412 g/mol. The number of carbonyl (C=O) groups is 2. The fourth-order valence-electron chi connectivity index (χ4n) is 3.40. The van der Waals surface area contributed by atoms with E-state index in [4.69, 9.17) is 9.15 Å². The van der Waals surface area contributed by atoms with Gasteiger partial charge in [-0.25, -0.2) is 4.79 Å². The van der Waals surface area contributed by atoms with E-state index in [9.17, 15) is 9.59 Å². The Morgan fingerprint density at radius 3 is 2.72 bits per heavy atom. The molecule has 1 atom stereocenters. The molecule has 3 aromatic rings. The molecule has 0 saturated heterocycles. The standard InChI is InChI=1S/C20H20N4O4S/c1-23-18(16-8-5-9-28-16)21-22-20(23)29-12-17(25)24-11-14-7-4-3-6-13(14)10-15(24)19(26)27-2/h3-9,15H,10-12H2,1-2H3/t15-/m1/s1. The molecular weight excluding hydrogens is 392 g/mol. The number of fused-ring (bicyclic) bond motifs is 1. The number of rotatable bonds is 5. The molecule has 0 aliphatic carbocycles. The Morgan fingerprint density at radius 2 is 2.00 bits per heavy atom. The lowest BCUT2D eigenvalue weighted by atomic mass is 9.94. The molecule has 3 heterocycles. The molecule has 150 valence electrons. The fourth-order valence-corrected chi connectivity index (χ4v) is 4.20. The van der Waals surface area contributed by atoms with E-state index in [1.165, 1.54) is 18.9 Å². The van der Waals surface area contributed by atoms with Gasteiger partial charge >= 0.3 is 5.97 Å². The van der Waals surface area contributed by atoms with Crippen LogP contribution in [0.1, 0.15) is 11.1 Å². The summed E-state index contributed by atoms with van der Waals surface area (Å²) in [6, 6.07) is 10.8. The number of hydrogen-bond donors (Lipinski definition) is 0. The number of furan rings is 1. The van der Waals surface area contributed by atoms with Crippen LogP contribution in [0, 0.1) is 0 Å². The smallest absolute Gasteiger partial charge is 0.328 e. The largest absolute Gasteiger partial charge is 0.467 e. The fraction of sp³-hybridized carbons (Fsp3) is 0.300. The van der Waals surface area contributed by atoms with E-state index in [-0.39, 0.29) is 11.7 Å². The summed E-state index contributed by atoms with van der Waals surface area (Å²) in [5.74, 6) is 0.777. The molecule has 0 spiro atoms. The molecule has 4 rings (SSSR count). The van der Waals surface area contributed by atoms with E-state index < -0.39 is 12.0 Å². The van der Waals surface area contributed by atoms with Gasteiger partial charge < -0.3 is 18.6 Å². The number of hydrogen-bond acceptors (Lipinski definition) is 7. The van der Waals surface area contributed by atoms with Crippen LogP contribution in [-0.2, 0) is 34.3 Å². The summed E-state index contributed by atoms with van der Waals surface area (Å²) >= 11 is 1.27. The highest BCUT2D eigenvalue weighted by Gasteiger charge is 2.35. The molecule has 0 bridgehead atoms. The van der Waals surface area contributed by atoms with E-state index in [1.807, 2.05) is 31.3 Å². The first-order chi connectivity index (χ1) is 14.1. The highest BCUT2D eigenvalue weighted by Crippen LogP contribution is 2.27.